The molecule has 102 valence electrons. The van der Waals surface area contributed by atoms with Gasteiger partial charge in [0, 0.05) is 12.1 Å². The minimum absolute atomic E-state index is 0.0389. The van der Waals surface area contributed by atoms with Crippen molar-refractivity contribution in [1.29, 1.82) is 0 Å². The molecule has 3 nitrogen and oxygen atoms in total. The maximum Gasteiger partial charge on any atom is 0.328 e. The summed E-state index contributed by atoms with van der Waals surface area (Å²) >= 11 is 0. The van der Waals surface area contributed by atoms with Crippen molar-refractivity contribution in [2.24, 2.45) is 0 Å². The number of ether oxygens (including phenoxy) is 1. The monoisotopic (exact) mass is 268 g/mol. The Bertz CT molecular complexity index is 501. The number of hydrogen-bond acceptors (Lipinski definition) is 2. The third kappa shape index (κ3) is 3.77. The zero-order valence-electron chi connectivity index (χ0n) is 10.2. The lowest BCUT2D eigenvalue weighted by Gasteiger charge is -2.24. The SMILES string of the molecule is O=C(O)C=C1CCC(Oc2ccc(F)cc2F)CC1. The fourth-order valence-corrected chi connectivity index (χ4v) is 2.15. The molecule has 0 heterocycles. The van der Waals surface area contributed by atoms with Crippen LogP contribution in [0, 0.1) is 11.6 Å². The highest BCUT2D eigenvalue weighted by atomic mass is 19.1. The standard InChI is InChI=1S/C14H14F2O3/c15-10-3-6-13(12(16)8-10)19-11-4-1-9(2-5-11)7-14(17)18/h3,6-8,11H,1-2,4-5H2,(H,17,18). The van der Waals surface area contributed by atoms with E-state index < -0.39 is 17.6 Å². The molecule has 0 saturated heterocycles. The zero-order valence-corrected chi connectivity index (χ0v) is 10.2. The molecular formula is C14H14F2O3. The summed E-state index contributed by atoms with van der Waals surface area (Å²) in [5, 5.41) is 8.64. The molecule has 1 aromatic rings. The van der Waals surface area contributed by atoms with E-state index in [-0.39, 0.29) is 11.9 Å². The summed E-state index contributed by atoms with van der Waals surface area (Å²) in [5.41, 5.74) is 0.868. The molecule has 1 aliphatic rings. The molecule has 0 aromatic heterocycles. The molecule has 0 bridgehead atoms. The first-order valence-corrected chi connectivity index (χ1v) is 6.08. The lowest BCUT2D eigenvalue weighted by molar-refractivity contribution is -0.131. The van der Waals surface area contributed by atoms with E-state index in [1.54, 1.807) is 0 Å². The first-order valence-electron chi connectivity index (χ1n) is 6.08. The van der Waals surface area contributed by atoms with Crippen LogP contribution in [0.3, 0.4) is 0 Å². The minimum Gasteiger partial charge on any atom is -0.487 e. The molecule has 1 aliphatic carbocycles. The van der Waals surface area contributed by atoms with Gasteiger partial charge in [-0.25, -0.2) is 13.6 Å². The highest BCUT2D eigenvalue weighted by Gasteiger charge is 2.20. The molecule has 0 aliphatic heterocycles. The Morgan fingerprint density at radius 3 is 2.58 bits per heavy atom. The number of allylic oxidation sites excluding steroid dienone is 1. The molecule has 1 aromatic carbocycles. The molecule has 2 rings (SSSR count). The number of aliphatic carboxylic acids is 1. The molecule has 5 heteroatoms. The van der Waals surface area contributed by atoms with Gasteiger partial charge in [0.15, 0.2) is 11.6 Å². The van der Waals surface area contributed by atoms with Gasteiger partial charge in [0.05, 0.1) is 6.10 Å². The summed E-state index contributed by atoms with van der Waals surface area (Å²) in [6.45, 7) is 0. The van der Waals surface area contributed by atoms with Crippen LogP contribution in [0.15, 0.2) is 29.8 Å². The van der Waals surface area contributed by atoms with Crippen LogP contribution in [-0.2, 0) is 4.79 Å². The molecule has 1 N–H and O–H groups in total. The van der Waals surface area contributed by atoms with Crippen molar-refractivity contribution in [3.63, 3.8) is 0 Å². The second-order valence-corrected chi connectivity index (χ2v) is 4.53. The van der Waals surface area contributed by atoms with Gasteiger partial charge in [0.2, 0.25) is 0 Å². The van der Waals surface area contributed by atoms with Crippen LogP contribution >= 0.6 is 0 Å². The van der Waals surface area contributed by atoms with Gasteiger partial charge in [-0.1, -0.05) is 5.57 Å². The Hall–Kier alpha value is -1.91. The van der Waals surface area contributed by atoms with E-state index in [1.807, 2.05) is 0 Å². The van der Waals surface area contributed by atoms with Gasteiger partial charge in [-0.3, -0.25) is 0 Å². The summed E-state index contributed by atoms with van der Waals surface area (Å²) < 4.78 is 31.6. The Balaban J connectivity index is 1.94. The Morgan fingerprint density at radius 2 is 2.00 bits per heavy atom. The summed E-state index contributed by atoms with van der Waals surface area (Å²) in [6.07, 6.45) is 3.58. The van der Waals surface area contributed by atoms with Gasteiger partial charge < -0.3 is 9.84 Å². The fraction of sp³-hybridized carbons (Fsp3) is 0.357. The summed E-state index contributed by atoms with van der Waals surface area (Å²) in [5.74, 6) is -2.26. The Morgan fingerprint density at radius 1 is 1.32 bits per heavy atom. The van der Waals surface area contributed by atoms with Crippen molar-refractivity contribution in [2.45, 2.75) is 31.8 Å². The van der Waals surface area contributed by atoms with E-state index in [1.165, 1.54) is 12.1 Å². The maximum atomic E-state index is 13.4. The van der Waals surface area contributed by atoms with Crippen LogP contribution in [0.2, 0.25) is 0 Å². The predicted molar refractivity (Wildman–Crippen MR) is 65.0 cm³/mol. The second kappa shape index (κ2) is 5.82. The minimum atomic E-state index is -0.945. The van der Waals surface area contributed by atoms with Crippen molar-refractivity contribution < 1.29 is 23.4 Å². The van der Waals surface area contributed by atoms with Crippen LogP contribution in [0.1, 0.15) is 25.7 Å². The summed E-state index contributed by atoms with van der Waals surface area (Å²) in [6, 6.07) is 3.21. The first kappa shape index (κ1) is 13.5. The summed E-state index contributed by atoms with van der Waals surface area (Å²) in [7, 11) is 0. The van der Waals surface area contributed by atoms with E-state index in [4.69, 9.17) is 9.84 Å². The van der Waals surface area contributed by atoms with Gasteiger partial charge in [0.1, 0.15) is 5.82 Å². The van der Waals surface area contributed by atoms with Crippen LogP contribution in [-0.4, -0.2) is 17.2 Å². The number of halogens is 2. The molecule has 19 heavy (non-hydrogen) atoms. The van der Waals surface area contributed by atoms with Crippen molar-refractivity contribution in [2.75, 3.05) is 0 Å². The third-order valence-electron chi connectivity index (χ3n) is 3.09. The fourth-order valence-electron chi connectivity index (χ4n) is 2.15. The molecule has 0 atom stereocenters. The van der Waals surface area contributed by atoms with Gasteiger partial charge in [-0.15, -0.1) is 0 Å². The molecule has 0 radical (unpaired) electrons. The first-order chi connectivity index (χ1) is 9.04. The smallest absolute Gasteiger partial charge is 0.328 e. The van der Waals surface area contributed by atoms with Crippen LogP contribution in [0.25, 0.3) is 0 Å². The predicted octanol–water partition coefficient (Wildman–Crippen LogP) is 3.30. The molecule has 0 amide bonds. The van der Waals surface area contributed by atoms with Crippen molar-refractivity contribution in [3.8, 4) is 5.75 Å². The summed E-state index contributed by atoms with van der Waals surface area (Å²) in [4.78, 5) is 10.5. The van der Waals surface area contributed by atoms with E-state index in [2.05, 4.69) is 0 Å². The Labute approximate surface area is 109 Å². The van der Waals surface area contributed by atoms with Crippen molar-refractivity contribution in [1.82, 2.24) is 0 Å². The van der Waals surface area contributed by atoms with Gasteiger partial charge >= 0.3 is 5.97 Å². The zero-order chi connectivity index (χ0) is 13.8. The van der Waals surface area contributed by atoms with Crippen LogP contribution in [0.4, 0.5) is 8.78 Å². The van der Waals surface area contributed by atoms with E-state index >= 15 is 0 Å². The normalized spacial score (nSPS) is 19.1. The van der Waals surface area contributed by atoms with Gasteiger partial charge in [0.25, 0.3) is 0 Å². The van der Waals surface area contributed by atoms with Gasteiger partial charge in [-0.05, 0) is 37.8 Å². The molecule has 0 spiro atoms. The number of benzene rings is 1. The molecule has 1 saturated carbocycles. The van der Waals surface area contributed by atoms with E-state index in [0.717, 1.165) is 17.7 Å². The highest BCUT2D eigenvalue weighted by molar-refractivity contribution is 5.80. The molecule has 0 unspecified atom stereocenters. The number of carboxylic acid groups (broad SMARTS) is 1. The number of carbonyl (C=O) groups is 1. The lowest BCUT2D eigenvalue weighted by atomic mass is 9.92. The van der Waals surface area contributed by atoms with E-state index in [0.29, 0.717) is 25.7 Å². The number of rotatable bonds is 3. The average Bonchev–Trinajstić information content (AvgIpc) is 2.34. The van der Waals surface area contributed by atoms with Crippen LogP contribution in [0.5, 0.6) is 5.75 Å². The van der Waals surface area contributed by atoms with Crippen LogP contribution < -0.4 is 4.74 Å². The van der Waals surface area contributed by atoms with Crippen molar-refractivity contribution >= 4 is 5.97 Å². The number of carboxylic acids is 1. The van der Waals surface area contributed by atoms with Gasteiger partial charge in [-0.2, -0.15) is 0 Å². The highest BCUT2D eigenvalue weighted by Crippen LogP contribution is 2.28. The quantitative estimate of drug-likeness (QED) is 0.855. The molecule has 1 fully saturated rings. The van der Waals surface area contributed by atoms with Crippen molar-refractivity contribution in [3.05, 3.63) is 41.5 Å². The molecular weight excluding hydrogens is 254 g/mol. The topological polar surface area (TPSA) is 46.5 Å². The number of hydrogen-bond donors (Lipinski definition) is 1. The maximum absolute atomic E-state index is 13.4. The third-order valence-corrected chi connectivity index (χ3v) is 3.09. The Kier molecular flexibility index (Phi) is 4.14. The average molecular weight is 268 g/mol. The lowest BCUT2D eigenvalue weighted by Crippen LogP contribution is -2.21. The van der Waals surface area contributed by atoms with E-state index in [9.17, 15) is 13.6 Å². The largest absolute Gasteiger partial charge is 0.487 e. The second-order valence-electron chi connectivity index (χ2n) is 4.53.